The first-order valence-corrected chi connectivity index (χ1v) is 8.90. The molecule has 2 fully saturated rings. The van der Waals surface area contributed by atoms with E-state index < -0.39 is 0 Å². The number of nitrogens with one attached hydrogen (secondary N) is 1. The summed E-state index contributed by atoms with van der Waals surface area (Å²) in [5.74, 6) is 0.902. The molecule has 112 valence electrons. The fourth-order valence-electron chi connectivity index (χ4n) is 4.52. The Morgan fingerprint density at radius 2 is 2.20 bits per heavy atom. The van der Waals surface area contributed by atoms with Crippen molar-refractivity contribution in [2.24, 2.45) is 16.7 Å². The van der Waals surface area contributed by atoms with Crippen molar-refractivity contribution in [2.75, 3.05) is 0 Å². The van der Waals surface area contributed by atoms with Gasteiger partial charge >= 0.3 is 0 Å². The zero-order valence-electron chi connectivity index (χ0n) is 13.5. The Bertz CT molecular complexity index is 493. The maximum atomic E-state index is 4.61. The summed E-state index contributed by atoms with van der Waals surface area (Å²) in [5, 5.41) is 5.16. The van der Waals surface area contributed by atoms with Crippen molar-refractivity contribution in [2.45, 2.75) is 72.4 Å². The van der Waals surface area contributed by atoms with Gasteiger partial charge < -0.3 is 5.32 Å². The van der Waals surface area contributed by atoms with E-state index in [2.05, 4.69) is 44.9 Å². The lowest BCUT2D eigenvalue weighted by Crippen LogP contribution is -2.45. The van der Waals surface area contributed by atoms with Gasteiger partial charge in [-0.05, 0) is 49.4 Å². The Labute approximate surface area is 127 Å². The van der Waals surface area contributed by atoms with Crippen LogP contribution in [0.25, 0.3) is 0 Å². The third-order valence-corrected chi connectivity index (χ3v) is 7.86. The molecule has 3 rings (SSSR count). The summed E-state index contributed by atoms with van der Waals surface area (Å²) >= 11 is 1.87. The molecule has 4 atom stereocenters. The van der Waals surface area contributed by atoms with Gasteiger partial charge in [-0.3, -0.25) is 0 Å². The van der Waals surface area contributed by atoms with Crippen molar-refractivity contribution in [3.8, 4) is 0 Å². The lowest BCUT2D eigenvalue weighted by molar-refractivity contribution is 0.116. The fourth-order valence-corrected chi connectivity index (χ4v) is 5.38. The topological polar surface area (TPSA) is 24.9 Å². The summed E-state index contributed by atoms with van der Waals surface area (Å²) in [7, 11) is 0. The molecule has 2 aliphatic carbocycles. The van der Waals surface area contributed by atoms with Crippen LogP contribution in [0.5, 0.6) is 0 Å². The molecule has 1 N–H and O–H groups in total. The molecule has 1 heterocycles. The average Bonchev–Trinajstić information content (AvgIpc) is 3.01. The van der Waals surface area contributed by atoms with Crippen molar-refractivity contribution in [3.05, 3.63) is 16.1 Å². The molecular weight excluding hydrogens is 264 g/mol. The van der Waals surface area contributed by atoms with Crippen LogP contribution in [0.15, 0.2) is 6.20 Å². The Balaban J connectivity index is 1.73. The third-order valence-electron chi connectivity index (χ3n) is 6.54. The van der Waals surface area contributed by atoms with Crippen LogP contribution in [0.2, 0.25) is 0 Å². The molecule has 0 aliphatic heterocycles. The van der Waals surface area contributed by atoms with Crippen LogP contribution >= 0.6 is 11.3 Å². The molecule has 0 aromatic carbocycles. The Morgan fingerprint density at radius 3 is 2.70 bits per heavy atom. The second-order valence-corrected chi connectivity index (χ2v) is 8.72. The highest BCUT2D eigenvalue weighted by atomic mass is 32.1. The summed E-state index contributed by atoms with van der Waals surface area (Å²) < 4.78 is 0. The van der Waals surface area contributed by atoms with Crippen LogP contribution < -0.4 is 5.32 Å². The zero-order chi connectivity index (χ0) is 14.5. The normalized spacial score (nSPS) is 36.5. The van der Waals surface area contributed by atoms with Gasteiger partial charge in [0.05, 0.1) is 6.04 Å². The van der Waals surface area contributed by atoms with Gasteiger partial charge in [0.25, 0.3) is 0 Å². The second kappa shape index (κ2) is 4.81. The Hall–Kier alpha value is -0.410. The van der Waals surface area contributed by atoms with E-state index in [1.807, 2.05) is 17.5 Å². The largest absolute Gasteiger partial charge is 0.305 e. The maximum absolute atomic E-state index is 4.61. The third kappa shape index (κ3) is 1.97. The van der Waals surface area contributed by atoms with Gasteiger partial charge in [0.15, 0.2) is 0 Å². The molecule has 0 radical (unpaired) electrons. The highest BCUT2D eigenvalue weighted by Crippen LogP contribution is 2.65. The van der Waals surface area contributed by atoms with Crippen molar-refractivity contribution in [1.82, 2.24) is 10.3 Å². The van der Waals surface area contributed by atoms with E-state index in [0.29, 0.717) is 22.9 Å². The molecule has 1 aromatic rings. The van der Waals surface area contributed by atoms with Crippen molar-refractivity contribution in [3.63, 3.8) is 0 Å². The van der Waals surface area contributed by atoms with E-state index in [4.69, 9.17) is 0 Å². The number of aryl methyl sites for hydroxylation is 1. The van der Waals surface area contributed by atoms with Gasteiger partial charge in [0.2, 0.25) is 0 Å². The summed E-state index contributed by atoms with van der Waals surface area (Å²) in [6.45, 7) is 11.9. The van der Waals surface area contributed by atoms with Crippen molar-refractivity contribution in [1.29, 1.82) is 0 Å². The summed E-state index contributed by atoms with van der Waals surface area (Å²) in [6.07, 6.45) is 7.30. The molecule has 4 unspecified atom stereocenters. The number of hydrogen-bond acceptors (Lipinski definition) is 3. The molecular formula is C17H28N2S. The minimum Gasteiger partial charge on any atom is -0.305 e. The van der Waals surface area contributed by atoms with Gasteiger partial charge in [-0.1, -0.05) is 27.7 Å². The minimum atomic E-state index is 0.386. The van der Waals surface area contributed by atoms with E-state index in [-0.39, 0.29) is 0 Å². The predicted molar refractivity (Wildman–Crippen MR) is 86.1 cm³/mol. The van der Waals surface area contributed by atoms with Gasteiger partial charge in [0, 0.05) is 17.1 Å². The number of thiazole rings is 1. The SMILES string of the molecule is CCc1cnc(C(C)NC2CC3CCC2(C)C3(C)C)s1. The highest BCUT2D eigenvalue weighted by molar-refractivity contribution is 7.11. The van der Waals surface area contributed by atoms with E-state index in [1.54, 1.807) is 0 Å². The molecule has 2 aliphatic rings. The number of aromatic nitrogens is 1. The quantitative estimate of drug-likeness (QED) is 0.879. The summed E-state index contributed by atoms with van der Waals surface area (Å²) in [4.78, 5) is 6.00. The molecule has 2 nitrogen and oxygen atoms in total. The summed E-state index contributed by atoms with van der Waals surface area (Å²) in [5.41, 5.74) is 0.943. The molecule has 0 saturated heterocycles. The Morgan fingerprint density at radius 1 is 1.45 bits per heavy atom. The van der Waals surface area contributed by atoms with Gasteiger partial charge in [-0.15, -0.1) is 11.3 Å². The first-order valence-electron chi connectivity index (χ1n) is 8.09. The predicted octanol–water partition coefficient (Wildman–Crippen LogP) is 4.57. The highest BCUT2D eigenvalue weighted by Gasteiger charge is 2.61. The van der Waals surface area contributed by atoms with E-state index in [1.165, 1.54) is 29.1 Å². The second-order valence-electron chi connectivity index (χ2n) is 7.57. The first-order chi connectivity index (χ1) is 9.38. The molecule has 2 bridgehead atoms. The van der Waals surface area contributed by atoms with Crippen LogP contribution in [0.1, 0.15) is 69.8 Å². The van der Waals surface area contributed by atoms with Gasteiger partial charge in [-0.2, -0.15) is 0 Å². The van der Waals surface area contributed by atoms with Crippen LogP contribution in [0.3, 0.4) is 0 Å². The van der Waals surface area contributed by atoms with E-state index >= 15 is 0 Å². The summed E-state index contributed by atoms with van der Waals surface area (Å²) in [6, 6.07) is 1.04. The number of rotatable bonds is 4. The van der Waals surface area contributed by atoms with Crippen LogP contribution in [0.4, 0.5) is 0 Å². The Kier molecular flexibility index (Phi) is 3.49. The smallest absolute Gasteiger partial charge is 0.109 e. The number of fused-ring (bicyclic) bond motifs is 2. The fraction of sp³-hybridized carbons (Fsp3) is 0.824. The average molecular weight is 292 g/mol. The monoisotopic (exact) mass is 292 g/mol. The van der Waals surface area contributed by atoms with Crippen LogP contribution in [-0.2, 0) is 6.42 Å². The standard InChI is InChI=1S/C17H28N2S/c1-6-13-10-18-15(20-13)11(2)19-14-9-12-7-8-17(14,5)16(12,3)4/h10-12,14,19H,6-9H2,1-5H3. The van der Waals surface area contributed by atoms with Gasteiger partial charge in [-0.25, -0.2) is 4.98 Å². The lowest BCUT2D eigenvalue weighted by atomic mass is 9.69. The van der Waals surface area contributed by atoms with Crippen LogP contribution in [0, 0.1) is 16.7 Å². The van der Waals surface area contributed by atoms with Crippen molar-refractivity contribution >= 4 is 11.3 Å². The minimum absolute atomic E-state index is 0.386. The molecule has 1 aromatic heterocycles. The van der Waals surface area contributed by atoms with Crippen LogP contribution in [-0.4, -0.2) is 11.0 Å². The zero-order valence-corrected chi connectivity index (χ0v) is 14.3. The first kappa shape index (κ1) is 14.5. The number of hydrogen-bond donors (Lipinski definition) is 1. The molecule has 0 spiro atoms. The van der Waals surface area contributed by atoms with Gasteiger partial charge in [0.1, 0.15) is 5.01 Å². The van der Waals surface area contributed by atoms with Crippen molar-refractivity contribution < 1.29 is 0 Å². The lowest BCUT2D eigenvalue weighted by Gasteiger charge is -2.40. The maximum Gasteiger partial charge on any atom is 0.109 e. The molecule has 2 saturated carbocycles. The van der Waals surface area contributed by atoms with E-state index in [9.17, 15) is 0 Å². The molecule has 0 amide bonds. The number of nitrogens with zero attached hydrogens (tertiary/aromatic N) is 1. The molecule has 20 heavy (non-hydrogen) atoms. The van der Waals surface area contributed by atoms with E-state index in [0.717, 1.165) is 12.3 Å². The molecule has 3 heteroatoms.